The minimum atomic E-state index is -0.552. The summed E-state index contributed by atoms with van der Waals surface area (Å²) in [5, 5.41) is 15.5. The molecule has 9 heteroatoms. The van der Waals surface area contributed by atoms with Gasteiger partial charge in [0.25, 0.3) is 0 Å². The molecule has 2 aromatic heterocycles. The molecule has 24 heavy (non-hydrogen) atoms. The van der Waals surface area contributed by atoms with Crippen molar-refractivity contribution in [3.05, 3.63) is 40.5 Å². The summed E-state index contributed by atoms with van der Waals surface area (Å²) in [7, 11) is 1.33. The molecule has 126 valence electrons. The Balaban J connectivity index is 1.88. The van der Waals surface area contributed by atoms with Crippen LogP contribution in [-0.2, 0) is 16.1 Å². The molecule has 0 bridgehead atoms. The Hall–Kier alpha value is -2.84. The van der Waals surface area contributed by atoms with Gasteiger partial charge in [0.2, 0.25) is 0 Å². The predicted molar refractivity (Wildman–Crippen MR) is 80.4 cm³/mol. The first-order chi connectivity index (χ1) is 11.4. The molecule has 2 aromatic rings. The van der Waals surface area contributed by atoms with E-state index in [9.17, 15) is 19.3 Å². The highest BCUT2D eigenvalue weighted by molar-refractivity contribution is 5.70. The van der Waals surface area contributed by atoms with Gasteiger partial charge in [0.1, 0.15) is 12.0 Å². The fourth-order valence-electron chi connectivity index (χ4n) is 2.61. The predicted octanol–water partition coefficient (Wildman–Crippen LogP) is 2.34. The molecule has 0 aliphatic heterocycles. The summed E-state index contributed by atoms with van der Waals surface area (Å²) < 4.78 is 19.1. The van der Waals surface area contributed by atoms with Crippen molar-refractivity contribution in [1.29, 1.82) is 0 Å². The molecule has 0 saturated heterocycles. The number of nitro groups is 1. The lowest BCUT2D eigenvalue weighted by Gasteiger charge is -2.13. The van der Waals surface area contributed by atoms with Crippen molar-refractivity contribution in [3.63, 3.8) is 0 Å². The van der Waals surface area contributed by atoms with Crippen LogP contribution in [0.1, 0.15) is 19.3 Å². The molecular weight excluding hydrogens is 319 g/mol. The van der Waals surface area contributed by atoms with E-state index in [4.69, 9.17) is 0 Å². The average molecular weight is 334 g/mol. The van der Waals surface area contributed by atoms with E-state index in [0.717, 1.165) is 19.0 Å². The van der Waals surface area contributed by atoms with E-state index in [2.05, 4.69) is 14.8 Å². The van der Waals surface area contributed by atoms with E-state index in [0.29, 0.717) is 6.54 Å². The highest BCUT2D eigenvalue weighted by Gasteiger charge is 2.45. The van der Waals surface area contributed by atoms with Gasteiger partial charge in [-0.25, -0.2) is 4.39 Å². The van der Waals surface area contributed by atoms with Crippen molar-refractivity contribution in [2.75, 3.05) is 7.11 Å². The van der Waals surface area contributed by atoms with Crippen LogP contribution >= 0.6 is 0 Å². The second kappa shape index (κ2) is 5.99. The van der Waals surface area contributed by atoms with E-state index in [1.165, 1.54) is 30.1 Å². The Bertz CT molecular complexity index is 783. The molecule has 0 aromatic carbocycles. The summed E-state index contributed by atoms with van der Waals surface area (Å²) in [4.78, 5) is 26.0. The molecule has 8 nitrogen and oxygen atoms in total. The molecule has 0 amide bonds. The van der Waals surface area contributed by atoms with E-state index >= 15 is 0 Å². The number of carbonyl (C=O) groups excluding carboxylic acids is 1. The summed E-state index contributed by atoms with van der Waals surface area (Å²) in [6.45, 7) is 0.379. The summed E-state index contributed by atoms with van der Waals surface area (Å²) in [6.07, 6.45) is 4.22. The molecule has 1 saturated carbocycles. The normalized spacial score (nSPS) is 15.1. The van der Waals surface area contributed by atoms with E-state index in [-0.39, 0.29) is 34.9 Å². The number of hydrogen-bond donors (Lipinski definition) is 0. The highest BCUT2D eigenvalue weighted by Crippen LogP contribution is 2.50. The molecule has 0 unspecified atom stereocenters. The largest absolute Gasteiger partial charge is 0.469 e. The third-order valence-electron chi connectivity index (χ3n) is 4.11. The van der Waals surface area contributed by atoms with Crippen molar-refractivity contribution in [2.45, 2.75) is 25.8 Å². The molecular formula is C15H15FN4O4. The van der Waals surface area contributed by atoms with E-state index in [1.807, 2.05) is 0 Å². The number of pyridine rings is 1. The van der Waals surface area contributed by atoms with Crippen LogP contribution in [0.5, 0.6) is 0 Å². The quantitative estimate of drug-likeness (QED) is 0.456. The van der Waals surface area contributed by atoms with Gasteiger partial charge in [-0.15, -0.1) is 0 Å². The van der Waals surface area contributed by atoms with Crippen LogP contribution in [0, 0.1) is 21.3 Å². The smallest absolute Gasteiger partial charge is 0.316 e. The van der Waals surface area contributed by atoms with Gasteiger partial charge in [-0.2, -0.15) is 5.10 Å². The number of carbonyl (C=O) groups is 1. The fraction of sp³-hybridized carbons (Fsp3) is 0.400. The van der Waals surface area contributed by atoms with Gasteiger partial charge in [-0.3, -0.25) is 24.6 Å². The minimum Gasteiger partial charge on any atom is -0.469 e. The maximum atomic E-state index is 13.0. The second-order valence-corrected chi connectivity index (χ2v) is 5.93. The maximum absolute atomic E-state index is 13.0. The fourth-order valence-corrected chi connectivity index (χ4v) is 2.61. The molecule has 1 fully saturated rings. The lowest BCUT2D eigenvalue weighted by atomic mass is 10.0. The van der Waals surface area contributed by atoms with Gasteiger partial charge in [0, 0.05) is 12.0 Å². The summed E-state index contributed by atoms with van der Waals surface area (Å²) in [6, 6.07) is 2.51. The first kappa shape index (κ1) is 16.0. The van der Waals surface area contributed by atoms with Gasteiger partial charge in [-0.1, -0.05) is 0 Å². The SMILES string of the molecule is COC(=O)CC1(Cn2cc([N+](=O)[O-])c(-c3ccc(F)cn3)n2)CC1. The van der Waals surface area contributed by atoms with Crippen LogP contribution in [0.25, 0.3) is 11.4 Å². The minimum absolute atomic E-state index is 0.0777. The van der Waals surface area contributed by atoms with Crippen LogP contribution in [0.2, 0.25) is 0 Å². The van der Waals surface area contributed by atoms with Crippen LogP contribution in [0.4, 0.5) is 10.1 Å². The Labute approximate surface area is 136 Å². The van der Waals surface area contributed by atoms with Crippen molar-refractivity contribution in [2.24, 2.45) is 5.41 Å². The molecule has 2 heterocycles. The van der Waals surface area contributed by atoms with Crippen molar-refractivity contribution < 1.29 is 18.8 Å². The number of hydrogen-bond acceptors (Lipinski definition) is 6. The van der Waals surface area contributed by atoms with E-state index in [1.54, 1.807) is 0 Å². The number of rotatable bonds is 6. The van der Waals surface area contributed by atoms with Crippen LogP contribution in [-0.4, -0.2) is 32.8 Å². The third-order valence-corrected chi connectivity index (χ3v) is 4.11. The topological polar surface area (TPSA) is 100 Å². The van der Waals surface area contributed by atoms with Crippen molar-refractivity contribution >= 4 is 11.7 Å². The van der Waals surface area contributed by atoms with Gasteiger partial charge in [-0.05, 0) is 25.0 Å². The number of ether oxygens (including phenoxy) is 1. The van der Waals surface area contributed by atoms with Crippen molar-refractivity contribution in [1.82, 2.24) is 14.8 Å². The average Bonchev–Trinajstić information content (AvgIpc) is 3.15. The first-order valence-corrected chi connectivity index (χ1v) is 7.33. The molecule has 0 spiro atoms. The summed E-state index contributed by atoms with van der Waals surface area (Å²) in [5.74, 6) is -0.842. The van der Waals surface area contributed by atoms with Gasteiger partial charge < -0.3 is 4.74 Å². The zero-order chi connectivity index (χ0) is 17.3. The summed E-state index contributed by atoms with van der Waals surface area (Å²) in [5.41, 5.74) is -0.169. The number of aromatic nitrogens is 3. The van der Waals surface area contributed by atoms with Crippen LogP contribution in [0.3, 0.4) is 0 Å². The lowest BCUT2D eigenvalue weighted by Crippen LogP contribution is -2.17. The zero-order valence-electron chi connectivity index (χ0n) is 12.9. The number of halogens is 1. The molecule has 0 radical (unpaired) electrons. The Morgan fingerprint density at radius 1 is 1.50 bits per heavy atom. The number of esters is 1. The second-order valence-electron chi connectivity index (χ2n) is 5.93. The summed E-state index contributed by atoms with van der Waals surface area (Å²) >= 11 is 0. The lowest BCUT2D eigenvalue weighted by molar-refractivity contribution is -0.384. The molecule has 3 rings (SSSR count). The van der Waals surface area contributed by atoms with Crippen LogP contribution < -0.4 is 0 Å². The Morgan fingerprint density at radius 3 is 2.79 bits per heavy atom. The number of methoxy groups -OCH3 is 1. The zero-order valence-corrected chi connectivity index (χ0v) is 12.9. The molecule has 0 N–H and O–H groups in total. The molecule has 1 aliphatic carbocycles. The molecule has 1 aliphatic rings. The van der Waals surface area contributed by atoms with Crippen molar-refractivity contribution in [3.8, 4) is 11.4 Å². The third kappa shape index (κ3) is 3.24. The molecule has 0 atom stereocenters. The Morgan fingerprint density at radius 2 is 2.25 bits per heavy atom. The van der Waals surface area contributed by atoms with Gasteiger partial charge >= 0.3 is 11.7 Å². The van der Waals surface area contributed by atoms with E-state index < -0.39 is 10.7 Å². The van der Waals surface area contributed by atoms with Crippen LogP contribution in [0.15, 0.2) is 24.5 Å². The maximum Gasteiger partial charge on any atom is 0.316 e. The standard InChI is InChI=1S/C15H15FN4O4/c1-24-13(21)6-15(4-5-15)9-19-8-12(20(22)23)14(18-19)11-3-2-10(16)7-17-11/h2-3,7-8H,4-6,9H2,1H3. The van der Waals surface area contributed by atoms with Gasteiger partial charge in [0.15, 0.2) is 5.69 Å². The monoisotopic (exact) mass is 334 g/mol. The highest BCUT2D eigenvalue weighted by atomic mass is 19.1. The first-order valence-electron chi connectivity index (χ1n) is 7.33. The van der Waals surface area contributed by atoms with Gasteiger partial charge in [0.05, 0.1) is 30.3 Å². The number of nitrogens with zero attached hydrogens (tertiary/aromatic N) is 4. The Kier molecular flexibility index (Phi) is 4.00.